The summed E-state index contributed by atoms with van der Waals surface area (Å²) in [5, 5.41) is 6.02. The van der Waals surface area contributed by atoms with Crippen LogP contribution in [0.3, 0.4) is 0 Å². The number of fused-ring (bicyclic) bond motifs is 1. The number of anilines is 1. The van der Waals surface area contributed by atoms with Gasteiger partial charge < -0.3 is 19.8 Å². The van der Waals surface area contributed by atoms with Crippen molar-refractivity contribution in [3.8, 4) is 11.3 Å². The molecule has 130 valence electrons. The standard InChI is InChI=1S/C19H15N3O4/c1-25-19(24)12-5-3-2-4-11(12)15-6-7-16(26-15)17-21-14-10-20-9-8-13(14)18(23)22-17/h2-10,17,21H,1H3,(H,22,23)/t17-/m0/s1. The number of furan rings is 1. The summed E-state index contributed by atoms with van der Waals surface area (Å²) in [5.74, 6) is 0.373. The monoisotopic (exact) mass is 349 g/mol. The quantitative estimate of drug-likeness (QED) is 0.706. The first kappa shape index (κ1) is 15.9. The summed E-state index contributed by atoms with van der Waals surface area (Å²) in [4.78, 5) is 28.2. The molecule has 0 saturated carbocycles. The Bertz CT molecular complexity index is 996. The molecule has 0 aliphatic carbocycles. The lowest BCUT2D eigenvalue weighted by Crippen LogP contribution is -2.38. The summed E-state index contributed by atoms with van der Waals surface area (Å²) in [6, 6.07) is 12.2. The first-order valence-corrected chi connectivity index (χ1v) is 7.96. The first-order chi connectivity index (χ1) is 12.7. The van der Waals surface area contributed by atoms with Crippen LogP contribution < -0.4 is 10.6 Å². The topological polar surface area (TPSA) is 93.5 Å². The van der Waals surface area contributed by atoms with E-state index < -0.39 is 12.1 Å². The van der Waals surface area contributed by atoms with Gasteiger partial charge in [0, 0.05) is 11.8 Å². The summed E-state index contributed by atoms with van der Waals surface area (Å²) in [7, 11) is 1.33. The van der Waals surface area contributed by atoms with Gasteiger partial charge in [-0.1, -0.05) is 18.2 Å². The van der Waals surface area contributed by atoms with Crippen molar-refractivity contribution in [2.45, 2.75) is 6.17 Å². The predicted octanol–water partition coefficient (Wildman–Crippen LogP) is 2.98. The van der Waals surface area contributed by atoms with Gasteiger partial charge in [-0.15, -0.1) is 0 Å². The molecule has 0 fully saturated rings. The molecule has 1 aromatic carbocycles. The fourth-order valence-electron chi connectivity index (χ4n) is 2.89. The lowest BCUT2D eigenvalue weighted by molar-refractivity contribution is 0.0601. The van der Waals surface area contributed by atoms with Crippen LogP contribution in [0.4, 0.5) is 5.69 Å². The molecule has 0 bridgehead atoms. The van der Waals surface area contributed by atoms with Gasteiger partial charge in [-0.25, -0.2) is 4.79 Å². The smallest absolute Gasteiger partial charge is 0.338 e. The van der Waals surface area contributed by atoms with E-state index in [2.05, 4.69) is 15.6 Å². The van der Waals surface area contributed by atoms with Crippen molar-refractivity contribution in [3.63, 3.8) is 0 Å². The number of amides is 1. The number of methoxy groups -OCH3 is 1. The first-order valence-electron chi connectivity index (χ1n) is 7.96. The van der Waals surface area contributed by atoms with Crippen LogP contribution in [0, 0.1) is 0 Å². The second-order valence-electron chi connectivity index (χ2n) is 5.71. The fourth-order valence-corrected chi connectivity index (χ4v) is 2.89. The van der Waals surface area contributed by atoms with Gasteiger partial charge in [0.15, 0.2) is 6.17 Å². The Morgan fingerprint density at radius 3 is 2.81 bits per heavy atom. The molecule has 3 aromatic rings. The lowest BCUT2D eigenvalue weighted by atomic mass is 10.1. The van der Waals surface area contributed by atoms with Crippen LogP contribution in [0.15, 0.2) is 59.3 Å². The Morgan fingerprint density at radius 2 is 1.96 bits per heavy atom. The zero-order valence-electron chi connectivity index (χ0n) is 13.9. The third-order valence-corrected chi connectivity index (χ3v) is 4.15. The molecule has 7 nitrogen and oxygen atoms in total. The number of esters is 1. The maximum Gasteiger partial charge on any atom is 0.338 e. The van der Waals surface area contributed by atoms with E-state index in [1.54, 1.807) is 48.8 Å². The largest absolute Gasteiger partial charge is 0.465 e. The van der Waals surface area contributed by atoms with Crippen LogP contribution in [-0.4, -0.2) is 24.0 Å². The number of carbonyl (C=O) groups is 2. The summed E-state index contributed by atoms with van der Waals surface area (Å²) >= 11 is 0. The fraction of sp³-hybridized carbons (Fsp3) is 0.105. The molecule has 1 aliphatic rings. The number of rotatable bonds is 3. The number of hydrogen-bond donors (Lipinski definition) is 2. The highest BCUT2D eigenvalue weighted by Crippen LogP contribution is 2.31. The molecular weight excluding hydrogens is 334 g/mol. The number of pyridine rings is 1. The van der Waals surface area contributed by atoms with Crippen molar-refractivity contribution in [1.29, 1.82) is 0 Å². The molecular formula is C19H15N3O4. The molecule has 2 N–H and O–H groups in total. The van der Waals surface area contributed by atoms with Crippen molar-refractivity contribution in [3.05, 3.63) is 71.7 Å². The Kier molecular flexibility index (Phi) is 3.89. The summed E-state index contributed by atoms with van der Waals surface area (Å²) in [6.45, 7) is 0. The normalized spacial score (nSPS) is 15.6. The highest BCUT2D eigenvalue weighted by molar-refractivity contribution is 6.01. The van der Waals surface area contributed by atoms with Crippen LogP contribution in [0.5, 0.6) is 0 Å². The number of ether oxygens (including phenoxy) is 1. The molecule has 0 saturated heterocycles. The van der Waals surface area contributed by atoms with Crippen LogP contribution >= 0.6 is 0 Å². The minimum absolute atomic E-state index is 0.209. The third-order valence-electron chi connectivity index (χ3n) is 4.15. The van der Waals surface area contributed by atoms with E-state index in [0.29, 0.717) is 33.9 Å². The molecule has 1 amide bonds. The molecule has 1 aliphatic heterocycles. The predicted molar refractivity (Wildman–Crippen MR) is 93.6 cm³/mol. The molecule has 3 heterocycles. The van der Waals surface area contributed by atoms with E-state index in [4.69, 9.17) is 9.15 Å². The summed E-state index contributed by atoms with van der Waals surface area (Å²) in [6.07, 6.45) is 2.63. The minimum Gasteiger partial charge on any atom is -0.465 e. The Hall–Kier alpha value is -3.61. The van der Waals surface area contributed by atoms with Crippen LogP contribution in [0.25, 0.3) is 11.3 Å². The number of hydrogen-bond acceptors (Lipinski definition) is 6. The maximum atomic E-state index is 12.2. The molecule has 0 spiro atoms. The Morgan fingerprint density at radius 1 is 1.12 bits per heavy atom. The Labute approximate surface area is 149 Å². The van der Waals surface area contributed by atoms with E-state index in [9.17, 15) is 9.59 Å². The highest BCUT2D eigenvalue weighted by Gasteiger charge is 2.27. The van der Waals surface area contributed by atoms with Gasteiger partial charge in [0.2, 0.25) is 0 Å². The van der Waals surface area contributed by atoms with Gasteiger partial charge in [-0.05, 0) is 24.3 Å². The van der Waals surface area contributed by atoms with Crippen molar-refractivity contribution in [1.82, 2.24) is 10.3 Å². The summed E-state index contributed by atoms with van der Waals surface area (Å²) < 4.78 is 10.7. The number of aromatic nitrogens is 1. The van der Waals surface area contributed by atoms with Crippen molar-refractivity contribution < 1.29 is 18.7 Å². The van der Waals surface area contributed by atoms with Gasteiger partial charge in [-0.3, -0.25) is 9.78 Å². The molecule has 1 atom stereocenters. The third kappa shape index (κ3) is 2.69. The second kappa shape index (κ2) is 6.36. The van der Waals surface area contributed by atoms with Gasteiger partial charge in [0.25, 0.3) is 5.91 Å². The van der Waals surface area contributed by atoms with Gasteiger partial charge in [0.1, 0.15) is 11.5 Å². The zero-order chi connectivity index (χ0) is 18.1. The highest BCUT2D eigenvalue weighted by atomic mass is 16.5. The van der Waals surface area contributed by atoms with Crippen molar-refractivity contribution in [2.24, 2.45) is 0 Å². The van der Waals surface area contributed by atoms with Crippen LogP contribution in [0.2, 0.25) is 0 Å². The van der Waals surface area contributed by atoms with Gasteiger partial charge >= 0.3 is 5.97 Å². The molecule has 26 heavy (non-hydrogen) atoms. The molecule has 0 unspecified atom stereocenters. The SMILES string of the molecule is COC(=O)c1ccccc1-c1ccc([C@@H]2NC(=O)c3ccncc3N2)o1. The average Bonchev–Trinajstić information content (AvgIpc) is 3.17. The zero-order valence-corrected chi connectivity index (χ0v) is 13.9. The van der Waals surface area contributed by atoms with E-state index >= 15 is 0 Å². The lowest BCUT2D eigenvalue weighted by Gasteiger charge is -2.25. The van der Waals surface area contributed by atoms with Crippen molar-refractivity contribution in [2.75, 3.05) is 12.4 Å². The molecule has 7 heteroatoms. The van der Waals surface area contributed by atoms with Crippen molar-refractivity contribution >= 4 is 17.6 Å². The van der Waals surface area contributed by atoms with E-state index in [-0.39, 0.29) is 5.91 Å². The molecule has 2 aromatic heterocycles. The maximum absolute atomic E-state index is 12.2. The molecule has 0 radical (unpaired) electrons. The second-order valence-corrected chi connectivity index (χ2v) is 5.71. The number of nitrogens with one attached hydrogen (secondary N) is 2. The van der Waals surface area contributed by atoms with E-state index in [1.165, 1.54) is 7.11 Å². The van der Waals surface area contributed by atoms with E-state index in [1.807, 2.05) is 6.07 Å². The number of carbonyl (C=O) groups excluding carboxylic acids is 2. The van der Waals surface area contributed by atoms with Crippen LogP contribution in [-0.2, 0) is 4.74 Å². The van der Waals surface area contributed by atoms with E-state index in [0.717, 1.165) is 0 Å². The minimum atomic E-state index is -0.529. The van der Waals surface area contributed by atoms with Gasteiger partial charge in [-0.2, -0.15) is 0 Å². The number of nitrogens with zero attached hydrogens (tertiary/aromatic N) is 1. The average molecular weight is 349 g/mol. The molecule has 4 rings (SSSR count). The van der Waals surface area contributed by atoms with Gasteiger partial charge in [0.05, 0.1) is 30.1 Å². The summed E-state index contributed by atoms with van der Waals surface area (Å²) in [5.41, 5.74) is 2.19. The number of benzene rings is 1. The van der Waals surface area contributed by atoms with Crippen LogP contribution in [0.1, 0.15) is 32.6 Å². The Balaban J connectivity index is 1.66.